The fraction of sp³-hybridized carbons (Fsp3) is 0.600. The topological polar surface area (TPSA) is 39.2 Å². The molecule has 0 saturated heterocycles. The molecular formula is C15H21NO2. The summed E-state index contributed by atoms with van der Waals surface area (Å²) in [7, 11) is 0. The summed E-state index contributed by atoms with van der Waals surface area (Å²) >= 11 is 0. The predicted molar refractivity (Wildman–Crippen MR) is 70.9 cm³/mol. The van der Waals surface area contributed by atoms with Gasteiger partial charge >= 0.3 is 5.97 Å². The minimum absolute atomic E-state index is 0.131. The lowest BCUT2D eigenvalue weighted by Gasteiger charge is -2.19. The molecule has 0 atom stereocenters. The lowest BCUT2D eigenvalue weighted by atomic mass is 9.90. The van der Waals surface area contributed by atoms with Crippen LogP contribution >= 0.6 is 0 Å². The Morgan fingerprint density at radius 3 is 2.78 bits per heavy atom. The second-order valence-electron chi connectivity index (χ2n) is 5.45. The highest BCUT2D eigenvalue weighted by molar-refractivity contribution is 5.91. The van der Waals surface area contributed by atoms with Crippen molar-refractivity contribution in [2.24, 2.45) is 0 Å². The van der Waals surface area contributed by atoms with Gasteiger partial charge in [-0.25, -0.2) is 4.79 Å². The minimum Gasteiger partial charge on any atom is -0.462 e. The van der Waals surface area contributed by atoms with Crippen molar-refractivity contribution >= 4 is 5.97 Å². The quantitative estimate of drug-likeness (QED) is 0.771. The number of ether oxygens (including phenoxy) is 1. The van der Waals surface area contributed by atoms with Gasteiger partial charge in [0.05, 0.1) is 17.9 Å². The molecule has 1 heterocycles. The summed E-state index contributed by atoms with van der Waals surface area (Å²) in [5.41, 5.74) is 4.01. The third-order valence-corrected chi connectivity index (χ3v) is 3.67. The van der Waals surface area contributed by atoms with Crippen molar-refractivity contribution < 1.29 is 9.53 Å². The summed E-state index contributed by atoms with van der Waals surface area (Å²) in [4.78, 5) is 16.7. The van der Waals surface area contributed by atoms with Crippen LogP contribution in [0.3, 0.4) is 0 Å². The normalized spacial score (nSPS) is 16.4. The van der Waals surface area contributed by atoms with E-state index in [1.54, 1.807) is 0 Å². The Hall–Kier alpha value is -1.38. The maximum atomic E-state index is 11.9. The van der Waals surface area contributed by atoms with Gasteiger partial charge in [0.1, 0.15) is 0 Å². The standard InChI is InChI=1S/C15H21NO2/c1-5-12-11(14(17)18-6-2)9-10-7-8-15(3,4)13(10)16-12/h9H,5-8H2,1-4H3. The molecule has 0 unspecified atom stereocenters. The van der Waals surface area contributed by atoms with Crippen LogP contribution < -0.4 is 0 Å². The zero-order valence-corrected chi connectivity index (χ0v) is 11.7. The smallest absolute Gasteiger partial charge is 0.339 e. The minimum atomic E-state index is -0.241. The highest BCUT2D eigenvalue weighted by atomic mass is 16.5. The molecule has 0 radical (unpaired) electrons. The van der Waals surface area contributed by atoms with Crippen LogP contribution in [0.4, 0.5) is 0 Å². The van der Waals surface area contributed by atoms with E-state index >= 15 is 0 Å². The molecule has 0 bridgehead atoms. The zero-order valence-electron chi connectivity index (χ0n) is 11.7. The van der Waals surface area contributed by atoms with Crippen molar-refractivity contribution in [1.29, 1.82) is 0 Å². The molecule has 18 heavy (non-hydrogen) atoms. The summed E-state index contributed by atoms with van der Waals surface area (Å²) in [6, 6.07) is 1.99. The lowest BCUT2D eigenvalue weighted by Crippen LogP contribution is -2.17. The number of hydrogen-bond donors (Lipinski definition) is 0. The lowest BCUT2D eigenvalue weighted by molar-refractivity contribution is 0.0524. The highest BCUT2D eigenvalue weighted by Crippen LogP contribution is 2.37. The van der Waals surface area contributed by atoms with E-state index < -0.39 is 0 Å². The zero-order chi connectivity index (χ0) is 13.3. The van der Waals surface area contributed by atoms with Crippen molar-refractivity contribution in [1.82, 2.24) is 4.98 Å². The van der Waals surface area contributed by atoms with Gasteiger partial charge in [0, 0.05) is 11.1 Å². The summed E-state index contributed by atoms with van der Waals surface area (Å²) in [5, 5.41) is 0. The molecule has 0 amide bonds. The second kappa shape index (κ2) is 4.71. The van der Waals surface area contributed by atoms with Gasteiger partial charge in [-0.05, 0) is 37.8 Å². The Bertz CT molecular complexity index is 478. The Kier molecular flexibility index (Phi) is 3.42. The van der Waals surface area contributed by atoms with Gasteiger partial charge in [-0.3, -0.25) is 4.98 Å². The van der Waals surface area contributed by atoms with Crippen LogP contribution in [-0.4, -0.2) is 17.6 Å². The fourth-order valence-electron chi connectivity index (χ4n) is 2.59. The van der Waals surface area contributed by atoms with Crippen molar-refractivity contribution in [3.63, 3.8) is 0 Å². The first-order chi connectivity index (χ1) is 8.49. The summed E-state index contributed by atoms with van der Waals surface area (Å²) in [5.74, 6) is -0.241. The number of carbonyl (C=O) groups is 1. The fourth-order valence-corrected chi connectivity index (χ4v) is 2.59. The number of hydrogen-bond acceptors (Lipinski definition) is 3. The summed E-state index contributed by atoms with van der Waals surface area (Å²) < 4.78 is 5.10. The van der Waals surface area contributed by atoms with E-state index in [0.29, 0.717) is 12.2 Å². The van der Waals surface area contributed by atoms with Crippen LogP contribution in [0.15, 0.2) is 6.07 Å². The van der Waals surface area contributed by atoms with Gasteiger partial charge < -0.3 is 4.74 Å². The van der Waals surface area contributed by atoms with Crippen molar-refractivity contribution in [2.45, 2.75) is 52.4 Å². The van der Waals surface area contributed by atoms with E-state index in [2.05, 4.69) is 13.8 Å². The molecule has 3 nitrogen and oxygen atoms in total. The number of fused-ring (bicyclic) bond motifs is 1. The Balaban J connectivity index is 2.48. The molecule has 2 rings (SSSR count). The molecule has 0 spiro atoms. The van der Waals surface area contributed by atoms with E-state index in [1.807, 2.05) is 19.9 Å². The van der Waals surface area contributed by atoms with Crippen LogP contribution in [0.2, 0.25) is 0 Å². The van der Waals surface area contributed by atoms with E-state index in [-0.39, 0.29) is 11.4 Å². The van der Waals surface area contributed by atoms with E-state index in [4.69, 9.17) is 9.72 Å². The first-order valence-corrected chi connectivity index (χ1v) is 6.70. The number of pyridine rings is 1. The molecule has 3 heteroatoms. The Labute approximate surface area is 109 Å². The highest BCUT2D eigenvalue weighted by Gasteiger charge is 2.33. The van der Waals surface area contributed by atoms with Gasteiger partial charge in [0.15, 0.2) is 0 Å². The molecule has 1 aliphatic rings. The molecule has 1 aliphatic carbocycles. The molecule has 1 aromatic rings. The average Bonchev–Trinajstić information content (AvgIpc) is 2.64. The van der Waals surface area contributed by atoms with E-state index in [1.165, 1.54) is 5.56 Å². The van der Waals surface area contributed by atoms with Crippen LogP contribution in [0, 0.1) is 0 Å². The summed E-state index contributed by atoms with van der Waals surface area (Å²) in [6.07, 6.45) is 2.87. The molecule has 98 valence electrons. The molecule has 0 fully saturated rings. The maximum absolute atomic E-state index is 11.9. The number of carbonyl (C=O) groups excluding carboxylic acids is 1. The van der Waals surface area contributed by atoms with E-state index in [9.17, 15) is 4.79 Å². The second-order valence-corrected chi connectivity index (χ2v) is 5.45. The van der Waals surface area contributed by atoms with Gasteiger partial charge in [0.25, 0.3) is 0 Å². The van der Waals surface area contributed by atoms with Crippen molar-refractivity contribution in [2.75, 3.05) is 6.61 Å². The number of rotatable bonds is 3. The molecular weight excluding hydrogens is 226 g/mol. The molecule has 0 N–H and O–H groups in total. The average molecular weight is 247 g/mol. The molecule has 1 aromatic heterocycles. The summed E-state index contributed by atoms with van der Waals surface area (Å²) in [6.45, 7) is 8.70. The number of nitrogens with zero attached hydrogens (tertiary/aromatic N) is 1. The largest absolute Gasteiger partial charge is 0.462 e. The Morgan fingerprint density at radius 1 is 1.44 bits per heavy atom. The van der Waals surface area contributed by atoms with Crippen LogP contribution in [0.1, 0.15) is 61.4 Å². The Morgan fingerprint density at radius 2 is 2.17 bits per heavy atom. The SMILES string of the molecule is CCOC(=O)c1cc2c(nc1CC)C(C)(C)CC2. The molecule has 0 saturated carbocycles. The van der Waals surface area contributed by atoms with Gasteiger partial charge in [-0.1, -0.05) is 20.8 Å². The maximum Gasteiger partial charge on any atom is 0.339 e. The first kappa shape index (κ1) is 13.1. The van der Waals surface area contributed by atoms with Crippen LogP contribution in [0.5, 0.6) is 0 Å². The van der Waals surface area contributed by atoms with E-state index in [0.717, 1.165) is 30.7 Å². The molecule has 0 aliphatic heterocycles. The van der Waals surface area contributed by atoms with Gasteiger partial charge in [-0.15, -0.1) is 0 Å². The van der Waals surface area contributed by atoms with Gasteiger partial charge in [0.2, 0.25) is 0 Å². The number of esters is 1. The molecule has 0 aromatic carbocycles. The monoisotopic (exact) mass is 247 g/mol. The first-order valence-electron chi connectivity index (χ1n) is 6.70. The van der Waals surface area contributed by atoms with Crippen molar-refractivity contribution in [3.8, 4) is 0 Å². The third-order valence-electron chi connectivity index (χ3n) is 3.67. The number of aromatic nitrogens is 1. The van der Waals surface area contributed by atoms with Crippen LogP contribution in [-0.2, 0) is 23.0 Å². The number of aryl methyl sites for hydroxylation is 2. The van der Waals surface area contributed by atoms with Crippen molar-refractivity contribution in [3.05, 3.63) is 28.6 Å². The van der Waals surface area contributed by atoms with Gasteiger partial charge in [-0.2, -0.15) is 0 Å². The third kappa shape index (κ3) is 2.14. The van der Waals surface area contributed by atoms with Crippen LogP contribution in [0.25, 0.3) is 0 Å². The predicted octanol–water partition coefficient (Wildman–Crippen LogP) is 3.04.